The summed E-state index contributed by atoms with van der Waals surface area (Å²) < 4.78 is 28.1. The standard InChI is InChI=1S/C22H32F2/c1-3-15-5-7-17(8-6-15)18-9-11-19(12-10-18)21-16(4-2)13-14-20(23)22(21)24/h13-15,17-19H,3-12H2,1-2H3. The van der Waals surface area contributed by atoms with Crippen LogP contribution in [0.2, 0.25) is 0 Å². The van der Waals surface area contributed by atoms with Gasteiger partial charge in [0, 0.05) is 0 Å². The molecule has 2 fully saturated rings. The van der Waals surface area contributed by atoms with Crippen molar-refractivity contribution in [1.82, 2.24) is 0 Å². The number of hydrogen-bond acceptors (Lipinski definition) is 0. The summed E-state index contributed by atoms with van der Waals surface area (Å²) in [7, 11) is 0. The highest BCUT2D eigenvalue weighted by atomic mass is 19.2. The summed E-state index contributed by atoms with van der Waals surface area (Å²) >= 11 is 0. The average molecular weight is 334 g/mol. The van der Waals surface area contributed by atoms with E-state index < -0.39 is 11.6 Å². The summed E-state index contributed by atoms with van der Waals surface area (Å²) in [6, 6.07) is 3.07. The maximum atomic E-state index is 14.4. The van der Waals surface area contributed by atoms with E-state index in [2.05, 4.69) is 6.92 Å². The van der Waals surface area contributed by atoms with Gasteiger partial charge in [-0.05, 0) is 85.8 Å². The van der Waals surface area contributed by atoms with Gasteiger partial charge in [0.1, 0.15) is 0 Å². The fourth-order valence-electron chi connectivity index (χ4n) is 5.30. The van der Waals surface area contributed by atoms with Crippen molar-refractivity contribution in [3.63, 3.8) is 0 Å². The van der Waals surface area contributed by atoms with Crippen LogP contribution in [0, 0.1) is 29.4 Å². The van der Waals surface area contributed by atoms with Crippen molar-refractivity contribution in [2.75, 3.05) is 0 Å². The van der Waals surface area contributed by atoms with Gasteiger partial charge in [-0.2, -0.15) is 0 Å². The lowest BCUT2D eigenvalue weighted by molar-refractivity contribution is 0.157. The van der Waals surface area contributed by atoms with Crippen LogP contribution in [-0.2, 0) is 6.42 Å². The third-order valence-corrected chi connectivity index (χ3v) is 6.92. The molecule has 0 unspecified atom stereocenters. The Bertz CT molecular complexity index is 535. The van der Waals surface area contributed by atoms with Crippen LogP contribution in [-0.4, -0.2) is 0 Å². The molecule has 1 aromatic carbocycles. The first-order chi connectivity index (χ1) is 11.6. The van der Waals surface area contributed by atoms with Gasteiger partial charge in [0.15, 0.2) is 11.6 Å². The maximum Gasteiger partial charge on any atom is 0.162 e. The minimum absolute atomic E-state index is 0.221. The highest BCUT2D eigenvalue weighted by molar-refractivity contribution is 5.33. The number of halogens is 2. The van der Waals surface area contributed by atoms with Crippen molar-refractivity contribution in [2.45, 2.75) is 84.0 Å². The molecule has 2 heteroatoms. The number of rotatable bonds is 4. The zero-order chi connectivity index (χ0) is 17.1. The minimum atomic E-state index is -0.679. The Labute approximate surface area is 146 Å². The van der Waals surface area contributed by atoms with Gasteiger partial charge in [-0.1, -0.05) is 39.2 Å². The minimum Gasteiger partial charge on any atom is -0.204 e. The SMILES string of the molecule is CCc1ccc(F)c(F)c1C1CCC(C2CCC(CC)CC2)CC1. The second kappa shape index (κ2) is 7.97. The maximum absolute atomic E-state index is 14.4. The molecular formula is C22H32F2. The number of hydrogen-bond donors (Lipinski definition) is 0. The molecule has 3 rings (SSSR count). The summed E-state index contributed by atoms with van der Waals surface area (Å²) in [6.07, 6.45) is 12.2. The highest BCUT2D eigenvalue weighted by Gasteiger charge is 2.32. The van der Waals surface area contributed by atoms with Gasteiger partial charge in [0.2, 0.25) is 0 Å². The Morgan fingerprint density at radius 2 is 1.42 bits per heavy atom. The summed E-state index contributed by atoms with van der Waals surface area (Å²) in [5.41, 5.74) is 1.69. The van der Waals surface area contributed by atoms with Crippen molar-refractivity contribution in [3.05, 3.63) is 34.9 Å². The summed E-state index contributed by atoms with van der Waals surface area (Å²) in [5, 5.41) is 0. The van der Waals surface area contributed by atoms with Crippen LogP contribution in [0.1, 0.15) is 88.7 Å². The van der Waals surface area contributed by atoms with E-state index in [4.69, 9.17) is 0 Å². The third-order valence-electron chi connectivity index (χ3n) is 6.92. The summed E-state index contributed by atoms with van der Waals surface area (Å²) in [6.45, 7) is 4.35. The predicted molar refractivity (Wildman–Crippen MR) is 96.2 cm³/mol. The molecule has 2 aliphatic rings. The van der Waals surface area contributed by atoms with Gasteiger partial charge in [-0.25, -0.2) is 8.78 Å². The fraction of sp³-hybridized carbons (Fsp3) is 0.727. The zero-order valence-corrected chi connectivity index (χ0v) is 15.3. The van der Waals surface area contributed by atoms with Crippen molar-refractivity contribution in [3.8, 4) is 0 Å². The first kappa shape index (κ1) is 17.9. The van der Waals surface area contributed by atoms with E-state index in [1.165, 1.54) is 51.0 Å². The lowest BCUT2D eigenvalue weighted by atomic mass is 9.67. The molecule has 0 aliphatic heterocycles. The molecule has 0 bridgehead atoms. The Morgan fingerprint density at radius 1 is 0.833 bits per heavy atom. The van der Waals surface area contributed by atoms with Gasteiger partial charge in [-0.15, -0.1) is 0 Å². The van der Waals surface area contributed by atoms with Gasteiger partial charge < -0.3 is 0 Å². The van der Waals surface area contributed by atoms with Gasteiger partial charge in [0.25, 0.3) is 0 Å². The smallest absolute Gasteiger partial charge is 0.162 e. The lowest BCUT2D eigenvalue weighted by Crippen LogP contribution is -2.25. The highest BCUT2D eigenvalue weighted by Crippen LogP contribution is 2.45. The van der Waals surface area contributed by atoms with Crippen molar-refractivity contribution in [1.29, 1.82) is 0 Å². The quantitative estimate of drug-likeness (QED) is 0.555. The Hall–Kier alpha value is -0.920. The molecule has 2 saturated carbocycles. The monoisotopic (exact) mass is 334 g/mol. The van der Waals surface area contributed by atoms with E-state index in [9.17, 15) is 8.78 Å². The molecular weight excluding hydrogens is 302 g/mol. The van der Waals surface area contributed by atoms with Crippen LogP contribution in [0.5, 0.6) is 0 Å². The van der Waals surface area contributed by atoms with Crippen molar-refractivity contribution < 1.29 is 8.78 Å². The average Bonchev–Trinajstić information content (AvgIpc) is 2.64. The molecule has 0 aromatic heterocycles. The topological polar surface area (TPSA) is 0 Å². The molecule has 1 aromatic rings. The second-order valence-corrected chi connectivity index (χ2v) is 8.09. The molecule has 2 aliphatic carbocycles. The molecule has 0 nitrogen and oxygen atoms in total. The molecule has 0 radical (unpaired) electrons. The van der Waals surface area contributed by atoms with E-state index in [0.29, 0.717) is 5.56 Å². The second-order valence-electron chi connectivity index (χ2n) is 8.09. The Morgan fingerprint density at radius 3 is 1.96 bits per heavy atom. The largest absolute Gasteiger partial charge is 0.204 e. The first-order valence-electron chi connectivity index (χ1n) is 10.1. The van der Waals surface area contributed by atoms with Gasteiger partial charge in [-0.3, -0.25) is 0 Å². The summed E-state index contributed by atoms with van der Waals surface area (Å²) in [5.74, 6) is 1.62. The molecule has 0 spiro atoms. The van der Waals surface area contributed by atoms with Crippen molar-refractivity contribution >= 4 is 0 Å². The number of benzene rings is 1. The first-order valence-corrected chi connectivity index (χ1v) is 10.1. The van der Waals surface area contributed by atoms with Crippen LogP contribution in [0.15, 0.2) is 12.1 Å². The van der Waals surface area contributed by atoms with E-state index in [-0.39, 0.29) is 5.92 Å². The van der Waals surface area contributed by atoms with Gasteiger partial charge >= 0.3 is 0 Å². The fourth-order valence-corrected chi connectivity index (χ4v) is 5.30. The molecule has 0 saturated heterocycles. The van der Waals surface area contributed by atoms with Gasteiger partial charge in [0.05, 0.1) is 0 Å². The van der Waals surface area contributed by atoms with E-state index in [0.717, 1.165) is 42.6 Å². The molecule has 0 atom stereocenters. The van der Waals surface area contributed by atoms with E-state index in [1.54, 1.807) is 6.07 Å². The number of aryl methyl sites for hydroxylation is 1. The van der Waals surface area contributed by atoms with Crippen molar-refractivity contribution in [2.24, 2.45) is 17.8 Å². The Kier molecular flexibility index (Phi) is 5.94. The van der Waals surface area contributed by atoms with Crippen LogP contribution in [0.3, 0.4) is 0 Å². The Balaban J connectivity index is 1.63. The molecule has 0 N–H and O–H groups in total. The van der Waals surface area contributed by atoms with E-state index in [1.807, 2.05) is 6.92 Å². The van der Waals surface area contributed by atoms with Crippen LogP contribution < -0.4 is 0 Å². The third kappa shape index (κ3) is 3.68. The van der Waals surface area contributed by atoms with Crippen LogP contribution >= 0.6 is 0 Å². The molecule has 24 heavy (non-hydrogen) atoms. The predicted octanol–water partition coefficient (Wildman–Crippen LogP) is 7.02. The zero-order valence-electron chi connectivity index (χ0n) is 15.3. The van der Waals surface area contributed by atoms with Crippen LogP contribution in [0.25, 0.3) is 0 Å². The molecule has 0 amide bonds. The normalized spacial score (nSPS) is 31.2. The molecule has 134 valence electrons. The lowest BCUT2D eigenvalue weighted by Gasteiger charge is -2.38. The summed E-state index contributed by atoms with van der Waals surface area (Å²) in [4.78, 5) is 0. The van der Waals surface area contributed by atoms with Crippen LogP contribution in [0.4, 0.5) is 8.78 Å². The van der Waals surface area contributed by atoms with E-state index >= 15 is 0 Å². The molecule has 0 heterocycles.